The van der Waals surface area contributed by atoms with Crippen molar-refractivity contribution in [3.63, 3.8) is 0 Å². The van der Waals surface area contributed by atoms with Crippen LogP contribution in [0.15, 0.2) is 0 Å². The first-order valence-corrected chi connectivity index (χ1v) is 9.25. The summed E-state index contributed by atoms with van der Waals surface area (Å²) in [6.45, 7) is 10.6. The van der Waals surface area contributed by atoms with E-state index in [1.807, 2.05) is 0 Å². The zero-order valence-corrected chi connectivity index (χ0v) is 12.7. The maximum absolute atomic E-state index is 6.14. The standard InChI is InChI=1S/C13H30O2Si/c1-5-9-13-16(12-8-4,14-10-6-2)15-11-7-3/h5-13H2,1-4H3. The van der Waals surface area contributed by atoms with Gasteiger partial charge in [0.2, 0.25) is 0 Å². The largest absolute Gasteiger partial charge is 0.394 e. The maximum Gasteiger partial charge on any atom is 0.338 e. The van der Waals surface area contributed by atoms with Gasteiger partial charge in [0, 0.05) is 13.2 Å². The zero-order chi connectivity index (χ0) is 12.3. The molecule has 0 aromatic carbocycles. The smallest absolute Gasteiger partial charge is 0.338 e. The average Bonchev–Trinajstić information content (AvgIpc) is 2.31. The maximum atomic E-state index is 6.14. The Balaban J connectivity index is 4.32. The molecule has 0 rings (SSSR count). The van der Waals surface area contributed by atoms with Crippen molar-refractivity contribution in [3.05, 3.63) is 0 Å². The normalized spacial score (nSPS) is 12.0. The van der Waals surface area contributed by atoms with Crippen molar-refractivity contribution in [3.8, 4) is 0 Å². The lowest BCUT2D eigenvalue weighted by Crippen LogP contribution is -2.42. The van der Waals surface area contributed by atoms with Gasteiger partial charge in [-0.3, -0.25) is 0 Å². The molecule has 0 heterocycles. The Labute approximate surface area is 103 Å². The molecule has 0 aliphatic rings. The van der Waals surface area contributed by atoms with Crippen LogP contribution in [-0.4, -0.2) is 21.8 Å². The predicted molar refractivity (Wildman–Crippen MR) is 73.1 cm³/mol. The second kappa shape index (κ2) is 10.3. The first-order chi connectivity index (χ1) is 7.74. The second-order valence-corrected chi connectivity index (χ2v) is 7.86. The van der Waals surface area contributed by atoms with Gasteiger partial charge in [-0.05, 0) is 24.9 Å². The molecule has 0 aromatic rings. The van der Waals surface area contributed by atoms with Gasteiger partial charge in [0.05, 0.1) is 0 Å². The topological polar surface area (TPSA) is 18.5 Å². The summed E-state index contributed by atoms with van der Waals surface area (Å²) in [5.41, 5.74) is 0. The summed E-state index contributed by atoms with van der Waals surface area (Å²) in [7, 11) is -1.86. The monoisotopic (exact) mass is 246 g/mol. The minimum atomic E-state index is -1.86. The molecular weight excluding hydrogens is 216 g/mol. The summed E-state index contributed by atoms with van der Waals surface area (Å²) in [5, 5.41) is 0. The summed E-state index contributed by atoms with van der Waals surface area (Å²) in [5.74, 6) is 0. The zero-order valence-electron chi connectivity index (χ0n) is 11.7. The van der Waals surface area contributed by atoms with Gasteiger partial charge in [-0.25, -0.2) is 0 Å². The van der Waals surface area contributed by atoms with Gasteiger partial charge in [-0.1, -0.05) is 47.0 Å². The molecule has 0 aliphatic carbocycles. The van der Waals surface area contributed by atoms with Gasteiger partial charge in [0.15, 0.2) is 0 Å². The average molecular weight is 246 g/mol. The van der Waals surface area contributed by atoms with E-state index in [1.54, 1.807) is 0 Å². The third-order valence-corrected chi connectivity index (χ3v) is 6.52. The van der Waals surface area contributed by atoms with Crippen LogP contribution < -0.4 is 0 Å². The lowest BCUT2D eigenvalue weighted by Gasteiger charge is -2.30. The van der Waals surface area contributed by atoms with E-state index in [9.17, 15) is 0 Å². The van der Waals surface area contributed by atoms with E-state index < -0.39 is 8.56 Å². The van der Waals surface area contributed by atoms with Crippen LogP contribution in [0, 0.1) is 0 Å². The van der Waals surface area contributed by atoms with Gasteiger partial charge in [0.1, 0.15) is 0 Å². The molecule has 16 heavy (non-hydrogen) atoms. The molecule has 0 unspecified atom stereocenters. The first kappa shape index (κ1) is 16.1. The van der Waals surface area contributed by atoms with Crippen LogP contribution in [0.2, 0.25) is 12.1 Å². The van der Waals surface area contributed by atoms with Gasteiger partial charge in [-0.2, -0.15) is 0 Å². The fourth-order valence-electron chi connectivity index (χ4n) is 1.86. The molecule has 0 aromatic heterocycles. The fraction of sp³-hybridized carbons (Fsp3) is 1.00. The van der Waals surface area contributed by atoms with E-state index in [4.69, 9.17) is 8.85 Å². The van der Waals surface area contributed by atoms with Crippen molar-refractivity contribution in [1.82, 2.24) is 0 Å². The van der Waals surface area contributed by atoms with Crippen molar-refractivity contribution in [2.45, 2.75) is 71.9 Å². The Kier molecular flexibility index (Phi) is 10.4. The van der Waals surface area contributed by atoms with Crippen LogP contribution in [0.4, 0.5) is 0 Å². The molecule has 0 saturated heterocycles. The third kappa shape index (κ3) is 6.66. The van der Waals surface area contributed by atoms with E-state index in [1.165, 1.54) is 25.3 Å². The van der Waals surface area contributed by atoms with Crippen LogP contribution in [0.25, 0.3) is 0 Å². The highest BCUT2D eigenvalue weighted by molar-refractivity contribution is 6.67. The number of hydrogen-bond donors (Lipinski definition) is 0. The fourth-order valence-corrected chi connectivity index (χ4v) is 5.58. The van der Waals surface area contributed by atoms with Crippen LogP contribution in [0.1, 0.15) is 59.8 Å². The summed E-state index contributed by atoms with van der Waals surface area (Å²) < 4.78 is 12.3. The summed E-state index contributed by atoms with van der Waals surface area (Å²) in [6.07, 6.45) is 5.87. The molecule has 0 bridgehead atoms. The molecule has 0 radical (unpaired) electrons. The first-order valence-electron chi connectivity index (χ1n) is 7.02. The van der Waals surface area contributed by atoms with Crippen LogP contribution in [-0.2, 0) is 8.85 Å². The van der Waals surface area contributed by atoms with Crippen LogP contribution in [0.3, 0.4) is 0 Å². The number of rotatable bonds is 11. The highest BCUT2D eigenvalue weighted by Crippen LogP contribution is 2.24. The lowest BCUT2D eigenvalue weighted by molar-refractivity contribution is 0.166. The van der Waals surface area contributed by atoms with Gasteiger partial charge in [0.25, 0.3) is 0 Å². The Hall–Kier alpha value is 0.137. The van der Waals surface area contributed by atoms with Gasteiger partial charge < -0.3 is 8.85 Å². The van der Waals surface area contributed by atoms with E-state index in [2.05, 4.69) is 27.7 Å². The second-order valence-electron chi connectivity index (χ2n) is 4.46. The molecule has 0 saturated carbocycles. The summed E-state index contributed by atoms with van der Waals surface area (Å²) in [6, 6.07) is 2.34. The minimum Gasteiger partial charge on any atom is -0.394 e. The Morgan fingerprint density at radius 1 is 0.688 bits per heavy atom. The number of unbranched alkanes of at least 4 members (excludes halogenated alkanes) is 1. The van der Waals surface area contributed by atoms with Crippen LogP contribution in [0.5, 0.6) is 0 Å². The predicted octanol–water partition coefficient (Wildman–Crippen LogP) is 4.49. The van der Waals surface area contributed by atoms with E-state index >= 15 is 0 Å². The highest BCUT2D eigenvalue weighted by atomic mass is 28.4. The number of hydrogen-bond acceptors (Lipinski definition) is 2. The van der Waals surface area contributed by atoms with Crippen molar-refractivity contribution in [1.29, 1.82) is 0 Å². The molecule has 2 nitrogen and oxygen atoms in total. The summed E-state index contributed by atoms with van der Waals surface area (Å²) >= 11 is 0. The molecule has 0 fully saturated rings. The van der Waals surface area contributed by atoms with Crippen molar-refractivity contribution in [2.24, 2.45) is 0 Å². The molecule has 98 valence electrons. The SMILES string of the molecule is CCCC[Si](CCC)(OCCC)OCCC. The molecule has 0 spiro atoms. The molecular formula is C13H30O2Si. The molecule has 0 atom stereocenters. The Morgan fingerprint density at radius 2 is 1.25 bits per heavy atom. The van der Waals surface area contributed by atoms with E-state index in [-0.39, 0.29) is 0 Å². The van der Waals surface area contributed by atoms with Crippen molar-refractivity contribution < 1.29 is 8.85 Å². The van der Waals surface area contributed by atoms with Crippen molar-refractivity contribution in [2.75, 3.05) is 13.2 Å². The molecule has 0 N–H and O–H groups in total. The molecule has 0 aliphatic heterocycles. The van der Waals surface area contributed by atoms with Gasteiger partial charge >= 0.3 is 8.56 Å². The lowest BCUT2D eigenvalue weighted by atomic mass is 10.4. The Morgan fingerprint density at radius 3 is 1.62 bits per heavy atom. The summed E-state index contributed by atoms with van der Waals surface area (Å²) in [4.78, 5) is 0. The minimum absolute atomic E-state index is 0.875. The quantitative estimate of drug-likeness (QED) is 0.500. The molecule has 0 amide bonds. The third-order valence-electron chi connectivity index (χ3n) is 2.68. The van der Waals surface area contributed by atoms with Gasteiger partial charge in [-0.15, -0.1) is 0 Å². The van der Waals surface area contributed by atoms with E-state index in [0.29, 0.717) is 0 Å². The Bertz CT molecular complexity index is 129. The molecule has 3 heteroatoms. The van der Waals surface area contributed by atoms with Crippen LogP contribution >= 0.6 is 0 Å². The van der Waals surface area contributed by atoms with Crippen molar-refractivity contribution >= 4 is 8.56 Å². The highest BCUT2D eigenvalue weighted by Gasteiger charge is 2.35. The van der Waals surface area contributed by atoms with E-state index in [0.717, 1.165) is 32.1 Å².